The fourth-order valence-electron chi connectivity index (χ4n) is 5.46. The van der Waals surface area contributed by atoms with Gasteiger partial charge in [0.05, 0.1) is 12.1 Å². The van der Waals surface area contributed by atoms with E-state index >= 15 is 0 Å². The molecule has 0 saturated carbocycles. The minimum atomic E-state index is -1.47. The van der Waals surface area contributed by atoms with Crippen LogP contribution in [0, 0.1) is 11.8 Å². The molecule has 0 aliphatic heterocycles. The Morgan fingerprint density at radius 3 is 1.55 bits per heavy atom. The van der Waals surface area contributed by atoms with Gasteiger partial charge in [0.25, 0.3) is 0 Å². The third kappa shape index (κ3) is 13.8. The van der Waals surface area contributed by atoms with Crippen molar-refractivity contribution in [2.24, 2.45) is 11.8 Å². The number of aliphatic hydroxyl groups is 1. The Morgan fingerprint density at radius 2 is 1.06 bits per heavy atom. The maximum atomic E-state index is 14.2. The Morgan fingerprint density at radius 1 is 0.608 bits per heavy atom. The van der Waals surface area contributed by atoms with Crippen LogP contribution in [0.15, 0.2) is 91.0 Å². The van der Waals surface area contributed by atoms with Crippen molar-refractivity contribution in [1.29, 1.82) is 0 Å². The SMILES string of the molecule is CC(C)C(NC(=O)[C@H](NCc1ccccc1)[C@H](O)[C@H](Cc1ccccc1)NC(=O)[C@@H](NC(=O)OC(C)(C)C)C(C)C)C(=O)NCc1ccccc1. The number of aliphatic hydroxyl groups excluding tert-OH is 1. The molecular weight excluding hydrogens is 646 g/mol. The summed E-state index contributed by atoms with van der Waals surface area (Å²) < 4.78 is 5.40. The number of hydrogen-bond acceptors (Lipinski definition) is 7. The van der Waals surface area contributed by atoms with Crippen LogP contribution >= 0.6 is 0 Å². The topological polar surface area (TPSA) is 158 Å². The lowest BCUT2D eigenvalue weighted by atomic mass is 9.93. The molecule has 0 aliphatic rings. The molecule has 6 N–H and O–H groups in total. The Bertz CT molecular complexity index is 1530. The van der Waals surface area contributed by atoms with Gasteiger partial charge in [-0.25, -0.2) is 4.79 Å². The fraction of sp³-hybridized carbons (Fsp3) is 0.450. The standard InChI is InChI=1S/C40H55N5O6/c1-26(2)32(36(47)42-25-30-21-15-10-16-22-30)44-38(49)34(41-24-29-19-13-9-14-20-29)35(46)31(23-28-17-11-8-12-18-28)43-37(48)33(27(3)4)45-39(50)51-40(5,6)7/h8-22,26-27,31-35,41,46H,23-25H2,1-7H3,(H,42,47)(H,43,48)(H,44,49)(H,45,50)/t31-,32?,33-,34+,35+/m0/s1. The van der Waals surface area contributed by atoms with E-state index in [-0.39, 0.29) is 37.3 Å². The van der Waals surface area contributed by atoms with Crippen molar-refractivity contribution >= 4 is 23.8 Å². The molecule has 3 aromatic rings. The highest BCUT2D eigenvalue weighted by atomic mass is 16.6. The molecule has 0 bridgehead atoms. The van der Waals surface area contributed by atoms with E-state index in [2.05, 4.69) is 26.6 Å². The van der Waals surface area contributed by atoms with Crippen LogP contribution in [-0.2, 0) is 38.6 Å². The summed E-state index contributed by atoms with van der Waals surface area (Å²) in [4.78, 5) is 54.1. The van der Waals surface area contributed by atoms with E-state index in [1.165, 1.54) is 0 Å². The molecule has 3 aromatic carbocycles. The van der Waals surface area contributed by atoms with E-state index in [4.69, 9.17) is 4.74 Å². The lowest BCUT2D eigenvalue weighted by molar-refractivity contribution is -0.134. The van der Waals surface area contributed by atoms with E-state index in [1.807, 2.05) is 105 Å². The van der Waals surface area contributed by atoms with Crippen LogP contribution in [0.3, 0.4) is 0 Å². The summed E-state index contributed by atoms with van der Waals surface area (Å²) >= 11 is 0. The highest BCUT2D eigenvalue weighted by Crippen LogP contribution is 2.15. The third-order valence-electron chi connectivity index (χ3n) is 8.21. The van der Waals surface area contributed by atoms with Gasteiger partial charge >= 0.3 is 6.09 Å². The maximum absolute atomic E-state index is 14.2. The van der Waals surface area contributed by atoms with Gasteiger partial charge in [0.2, 0.25) is 17.7 Å². The molecule has 0 aliphatic carbocycles. The van der Waals surface area contributed by atoms with E-state index < -0.39 is 53.8 Å². The zero-order chi connectivity index (χ0) is 37.6. The number of carbonyl (C=O) groups excluding carboxylic acids is 4. The van der Waals surface area contributed by atoms with Gasteiger partial charge in [-0.2, -0.15) is 0 Å². The van der Waals surface area contributed by atoms with Crippen LogP contribution in [0.4, 0.5) is 4.79 Å². The monoisotopic (exact) mass is 701 g/mol. The Kier molecular flexibility index (Phi) is 15.6. The molecule has 5 atom stereocenters. The molecule has 0 saturated heterocycles. The molecule has 51 heavy (non-hydrogen) atoms. The molecule has 11 heteroatoms. The summed E-state index contributed by atoms with van der Waals surface area (Å²) in [7, 11) is 0. The number of hydrogen-bond donors (Lipinski definition) is 6. The average molecular weight is 702 g/mol. The molecule has 0 fully saturated rings. The van der Waals surface area contributed by atoms with Crippen molar-refractivity contribution in [3.05, 3.63) is 108 Å². The second-order valence-electron chi connectivity index (χ2n) is 14.4. The maximum Gasteiger partial charge on any atom is 0.408 e. The van der Waals surface area contributed by atoms with Crippen LogP contribution in [0.2, 0.25) is 0 Å². The number of benzene rings is 3. The van der Waals surface area contributed by atoms with Gasteiger partial charge < -0.3 is 31.1 Å². The fourth-order valence-corrected chi connectivity index (χ4v) is 5.46. The molecule has 11 nitrogen and oxygen atoms in total. The van der Waals surface area contributed by atoms with Crippen molar-refractivity contribution in [3.63, 3.8) is 0 Å². The molecule has 3 rings (SSSR count). The lowest BCUT2D eigenvalue weighted by Gasteiger charge is -2.34. The minimum Gasteiger partial charge on any atom is -0.444 e. The molecule has 4 amide bonds. The summed E-state index contributed by atoms with van der Waals surface area (Å²) in [5.41, 5.74) is 1.82. The van der Waals surface area contributed by atoms with Gasteiger partial charge in [-0.05, 0) is 55.7 Å². The van der Waals surface area contributed by atoms with Gasteiger partial charge in [-0.3, -0.25) is 19.7 Å². The van der Waals surface area contributed by atoms with Crippen molar-refractivity contribution < 1.29 is 29.0 Å². The number of carbonyl (C=O) groups is 4. The smallest absolute Gasteiger partial charge is 0.408 e. The Hall–Kier alpha value is -4.74. The number of nitrogens with one attached hydrogen (secondary N) is 5. The quantitative estimate of drug-likeness (QED) is 0.123. The second kappa shape index (κ2) is 19.6. The highest BCUT2D eigenvalue weighted by Gasteiger charge is 2.38. The van der Waals surface area contributed by atoms with Crippen LogP contribution in [0.1, 0.15) is 65.2 Å². The number of rotatable bonds is 17. The average Bonchev–Trinajstić information content (AvgIpc) is 3.08. The largest absolute Gasteiger partial charge is 0.444 e. The normalized spacial score (nSPS) is 14.5. The summed E-state index contributed by atoms with van der Waals surface area (Å²) in [6.07, 6.45) is -2.04. The number of alkyl carbamates (subject to hydrolysis) is 1. The predicted molar refractivity (Wildman–Crippen MR) is 198 cm³/mol. The van der Waals surface area contributed by atoms with Gasteiger partial charge in [0.15, 0.2) is 0 Å². The van der Waals surface area contributed by atoms with Crippen molar-refractivity contribution in [3.8, 4) is 0 Å². The van der Waals surface area contributed by atoms with E-state index in [1.54, 1.807) is 34.6 Å². The van der Waals surface area contributed by atoms with Gasteiger partial charge in [0, 0.05) is 13.1 Å². The number of ether oxygens (including phenoxy) is 1. The highest BCUT2D eigenvalue weighted by molar-refractivity contribution is 5.90. The predicted octanol–water partition coefficient (Wildman–Crippen LogP) is 4.24. The molecule has 0 aromatic heterocycles. The van der Waals surface area contributed by atoms with Gasteiger partial charge in [-0.1, -0.05) is 119 Å². The van der Waals surface area contributed by atoms with Crippen LogP contribution < -0.4 is 26.6 Å². The first-order valence-electron chi connectivity index (χ1n) is 17.6. The summed E-state index contributed by atoms with van der Waals surface area (Å²) in [5, 5.41) is 26.6. The van der Waals surface area contributed by atoms with Crippen LogP contribution in [0.5, 0.6) is 0 Å². The zero-order valence-corrected chi connectivity index (χ0v) is 30.8. The van der Waals surface area contributed by atoms with Crippen molar-refractivity contribution in [2.45, 2.75) is 104 Å². The van der Waals surface area contributed by atoms with E-state index in [0.29, 0.717) is 0 Å². The van der Waals surface area contributed by atoms with E-state index in [0.717, 1.165) is 16.7 Å². The molecule has 0 radical (unpaired) electrons. The van der Waals surface area contributed by atoms with Crippen LogP contribution in [0.25, 0.3) is 0 Å². The van der Waals surface area contributed by atoms with Crippen molar-refractivity contribution in [1.82, 2.24) is 26.6 Å². The second-order valence-corrected chi connectivity index (χ2v) is 14.4. The summed E-state index contributed by atoms with van der Waals surface area (Å²) in [6.45, 7) is 12.9. The lowest BCUT2D eigenvalue weighted by Crippen LogP contribution is -2.63. The zero-order valence-electron chi connectivity index (χ0n) is 30.8. The first-order chi connectivity index (χ1) is 24.1. The number of amides is 4. The van der Waals surface area contributed by atoms with Crippen molar-refractivity contribution in [2.75, 3.05) is 0 Å². The first-order valence-corrected chi connectivity index (χ1v) is 17.6. The van der Waals surface area contributed by atoms with Gasteiger partial charge in [0.1, 0.15) is 23.7 Å². The molecular formula is C40H55N5O6. The Labute approximate surface area is 302 Å². The molecule has 1 unspecified atom stereocenters. The summed E-state index contributed by atoms with van der Waals surface area (Å²) in [6, 6.07) is 24.0. The Balaban J connectivity index is 1.91. The minimum absolute atomic E-state index is 0.174. The van der Waals surface area contributed by atoms with E-state index in [9.17, 15) is 24.3 Å². The van der Waals surface area contributed by atoms with Gasteiger partial charge in [-0.15, -0.1) is 0 Å². The summed E-state index contributed by atoms with van der Waals surface area (Å²) in [5.74, 6) is -2.11. The third-order valence-corrected chi connectivity index (χ3v) is 8.21. The van der Waals surface area contributed by atoms with Crippen LogP contribution in [-0.4, -0.2) is 64.8 Å². The molecule has 0 spiro atoms. The molecule has 276 valence electrons. The molecule has 0 heterocycles. The first kappa shape index (κ1) is 40.7.